The lowest BCUT2D eigenvalue weighted by molar-refractivity contribution is 0.0987. The highest BCUT2D eigenvalue weighted by molar-refractivity contribution is 5.96. The number of halogens is 1. The molecule has 0 heterocycles. The van der Waals surface area contributed by atoms with Crippen LogP contribution in [0.1, 0.15) is 34.1 Å². The largest absolute Gasteiger partial charge is 0.298 e. The van der Waals surface area contributed by atoms with E-state index in [0.29, 0.717) is 23.8 Å². The molecule has 96 valence electrons. The molecule has 0 aliphatic heterocycles. The molecule has 2 aromatic rings. The Hall–Kier alpha value is -2.29. The van der Waals surface area contributed by atoms with Crippen molar-refractivity contribution in [2.24, 2.45) is 0 Å². The van der Waals surface area contributed by atoms with E-state index in [1.54, 1.807) is 30.3 Å². The van der Waals surface area contributed by atoms with Gasteiger partial charge in [-0.15, -0.1) is 0 Å². The second kappa shape index (κ2) is 5.57. The summed E-state index contributed by atoms with van der Waals surface area (Å²) < 4.78 is 13.5. The van der Waals surface area contributed by atoms with Crippen LogP contribution in [0.25, 0.3) is 11.1 Å². The second-order valence-electron chi connectivity index (χ2n) is 4.21. The van der Waals surface area contributed by atoms with Crippen LogP contribution < -0.4 is 0 Å². The van der Waals surface area contributed by atoms with E-state index in [4.69, 9.17) is 0 Å². The zero-order valence-corrected chi connectivity index (χ0v) is 10.5. The van der Waals surface area contributed by atoms with Crippen molar-refractivity contribution in [1.82, 2.24) is 0 Å². The van der Waals surface area contributed by atoms with E-state index in [1.165, 1.54) is 12.1 Å². The molecule has 0 fully saturated rings. The van der Waals surface area contributed by atoms with E-state index < -0.39 is 5.82 Å². The van der Waals surface area contributed by atoms with Crippen LogP contribution in [0.2, 0.25) is 0 Å². The van der Waals surface area contributed by atoms with Crippen molar-refractivity contribution >= 4 is 12.1 Å². The van der Waals surface area contributed by atoms with Crippen molar-refractivity contribution in [2.75, 3.05) is 0 Å². The minimum atomic E-state index is -0.541. The molecule has 3 heteroatoms. The van der Waals surface area contributed by atoms with E-state index in [2.05, 4.69) is 0 Å². The topological polar surface area (TPSA) is 34.1 Å². The molecule has 0 saturated heterocycles. The lowest BCUT2D eigenvalue weighted by atomic mass is 10.0. The Bertz CT molecular complexity index is 615. The van der Waals surface area contributed by atoms with Crippen molar-refractivity contribution in [1.29, 1.82) is 0 Å². The van der Waals surface area contributed by atoms with Crippen molar-refractivity contribution < 1.29 is 14.0 Å². The second-order valence-corrected chi connectivity index (χ2v) is 4.21. The summed E-state index contributed by atoms with van der Waals surface area (Å²) in [5.41, 5.74) is 2.18. The van der Waals surface area contributed by atoms with Gasteiger partial charge in [-0.05, 0) is 23.3 Å². The van der Waals surface area contributed by atoms with Gasteiger partial charge in [-0.2, -0.15) is 0 Å². The maximum Gasteiger partial charge on any atom is 0.162 e. The van der Waals surface area contributed by atoms with Crippen molar-refractivity contribution in [3.05, 3.63) is 59.4 Å². The van der Waals surface area contributed by atoms with Gasteiger partial charge in [0, 0.05) is 12.0 Å². The van der Waals surface area contributed by atoms with Crippen molar-refractivity contribution in [3.63, 3.8) is 0 Å². The molecule has 0 aliphatic rings. The average Bonchev–Trinajstić information content (AvgIpc) is 2.46. The number of benzene rings is 2. The minimum absolute atomic E-state index is 0.0431. The third-order valence-corrected chi connectivity index (χ3v) is 2.99. The van der Waals surface area contributed by atoms with Gasteiger partial charge >= 0.3 is 0 Å². The predicted molar refractivity (Wildman–Crippen MR) is 71.8 cm³/mol. The predicted octanol–water partition coefficient (Wildman–Crippen LogP) is 3.90. The SMILES string of the molecule is CCC(=O)c1ccc(-c2ccc(C=O)c(F)c2)cc1. The summed E-state index contributed by atoms with van der Waals surface area (Å²) in [4.78, 5) is 22.1. The summed E-state index contributed by atoms with van der Waals surface area (Å²) in [7, 11) is 0. The Kier molecular flexibility index (Phi) is 3.85. The first-order valence-electron chi connectivity index (χ1n) is 6.04. The van der Waals surface area contributed by atoms with Gasteiger partial charge in [0.1, 0.15) is 5.82 Å². The van der Waals surface area contributed by atoms with Gasteiger partial charge in [0.2, 0.25) is 0 Å². The van der Waals surface area contributed by atoms with Crippen LogP contribution in [0.15, 0.2) is 42.5 Å². The number of aldehydes is 1. The van der Waals surface area contributed by atoms with Gasteiger partial charge < -0.3 is 0 Å². The first-order chi connectivity index (χ1) is 9.15. The van der Waals surface area contributed by atoms with Gasteiger partial charge in [0.25, 0.3) is 0 Å². The highest BCUT2D eigenvalue weighted by Crippen LogP contribution is 2.22. The normalized spacial score (nSPS) is 10.2. The smallest absolute Gasteiger partial charge is 0.162 e. The molecule has 0 bridgehead atoms. The molecule has 0 amide bonds. The molecule has 0 aliphatic carbocycles. The zero-order valence-electron chi connectivity index (χ0n) is 10.5. The molecule has 2 nitrogen and oxygen atoms in total. The van der Waals surface area contributed by atoms with Crippen LogP contribution in [-0.4, -0.2) is 12.1 Å². The summed E-state index contributed by atoms with van der Waals surface area (Å²) in [6.45, 7) is 1.81. The lowest BCUT2D eigenvalue weighted by Gasteiger charge is -2.04. The Balaban J connectivity index is 2.34. The van der Waals surface area contributed by atoms with Crippen LogP contribution in [0.5, 0.6) is 0 Å². The van der Waals surface area contributed by atoms with E-state index in [1.807, 2.05) is 6.92 Å². The van der Waals surface area contributed by atoms with E-state index >= 15 is 0 Å². The molecule has 0 unspecified atom stereocenters. The average molecular weight is 256 g/mol. The molecule has 0 radical (unpaired) electrons. The molecule has 0 atom stereocenters. The molecule has 2 rings (SSSR count). The Morgan fingerprint density at radius 3 is 2.26 bits per heavy atom. The molecular formula is C16H13FO2. The minimum Gasteiger partial charge on any atom is -0.298 e. The van der Waals surface area contributed by atoms with Crippen LogP contribution >= 0.6 is 0 Å². The Morgan fingerprint density at radius 2 is 1.74 bits per heavy atom. The fraction of sp³-hybridized carbons (Fsp3) is 0.125. The third-order valence-electron chi connectivity index (χ3n) is 2.99. The maximum absolute atomic E-state index is 13.5. The number of hydrogen-bond donors (Lipinski definition) is 0. The molecule has 2 aromatic carbocycles. The summed E-state index contributed by atoms with van der Waals surface area (Å²) in [5.74, 6) is -0.463. The Morgan fingerprint density at radius 1 is 1.11 bits per heavy atom. The van der Waals surface area contributed by atoms with Gasteiger partial charge in [0.05, 0.1) is 5.56 Å². The summed E-state index contributed by atoms with van der Waals surface area (Å²) >= 11 is 0. The first-order valence-corrected chi connectivity index (χ1v) is 6.04. The molecule has 19 heavy (non-hydrogen) atoms. The number of rotatable bonds is 4. The number of ketones is 1. The third kappa shape index (κ3) is 2.76. The number of Topliss-reactive ketones (excluding diaryl/α,β-unsaturated/α-hetero) is 1. The van der Waals surface area contributed by atoms with Crippen LogP contribution in [0.4, 0.5) is 4.39 Å². The zero-order chi connectivity index (χ0) is 13.8. The van der Waals surface area contributed by atoms with E-state index in [9.17, 15) is 14.0 Å². The van der Waals surface area contributed by atoms with Crippen molar-refractivity contribution in [2.45, 2.75) is 13.3 Å². The number of hydrogen-bond acceptors (Lipinski definition) is 2. The van der Waals surface area contributed by atoms with Gasteiger partial charge in [-0.1, -0.05) is 37.3 Å². The molecular weight excluding hydrogens is 243 g/mol. The van der Waals surface area contributed by atoms with E-state index in [0.717, 1.165) is 5.56 Å². The Labute approximate surface area is 110 Å². The van der Waals surface area contributed by atoms with Gasteiger partial charge in [-0.25, -0.2) is 4.39 Å². The van der Waals surface area contributed by atoms with E-state index in [-0.39, 0.29) is 11.3 Å². The highest BCUT2D eigenvalue weighted by Gasteiger charge is 2.06. The standard InChI is InChI=1S/C16H13FO2/c1-2-16(19)12-5-3-11(4-6-12)13-7-8-14(10-18)15(17)9-13/h3-10H,2H2,1H3. The van der Waals surface area contributed by atoms with Crippen LogP contribution in [0.3, 0.4) is 0 Å². The molecule has 0 N–H and O–H groups in total. The fourth-order valence-corrected chi connectivity index (χ4v) is 1.85. The van der Waals surface area contributed by atoms with Crippen molar-refractivity contribution in [3.8, 4) is 11.1 Å². The summed E-state index contributed by atoms with van der Waals surface area (Å²) in [6.07, 6.45) is 0.949. The first kappa shape index (κ1) is 13.1. The van der Waals surface area contributed by atoms with Crippen LogP contribution in [-0.2, 0) is 0 Å². The summed E-state index contributed by atoms with van der Waals surface area (Å²) in [6, 6.07) is 11.5. The lowest BCUT2D eigenvalue weighted by Crippen LogP contribution is -1.95. The van der Waals surface area contributed by atoms with Gasteiger partial charge in [-0.3, -0.25) is 9.59 Å². The fourth-order valence-electron chi connectivity index (χ4n) is 1.85. The monoisotopic (exact) mass is 256 g/mol. The number of carbonyl (C=O) groups excluding carboxylic acids is 2. The maximum atomic E-state index is 13.5. The summed E-state index contributed by atoms with van der Waals surface area (Å²) in [5, 5.41) is 0. The van der Waals surface area contributed by atoms with Gasteiger partial charge in [0.15, 0.2) is 12.1 Å². The molecule has 0 saturated carbocycles. The van der Waals surface area contributed by atoms with Crippen LogP contribution in [0, 0.1) is 5.82 Å². The quantitative estimate of drug-likeness (QED) is 0.614. The molecule has 0 spiro atoms. The number of carbonyl (C=O) groups is 2. The highest BCUT2D eigenvalue weighted by atomic mass is 19.1. The molecule has 0 aromatic heterocycles.